The number of nitrogens with one attached hydrogen (secondary N) is 1. The zero-order valence-electron chi connectivity index (χ0n) is 13.8. The average molecular weight is 414 g/mol. The lowest BCUT2D eigenvalue weighted by Gasteiger charge is -2.03. The molecule has 0 bridgehead atoms. The number of aryl methyl sites for hydroxylation is 1. The van der Waals surface area contributed by atoms with Crippen LogP contribution >= 0.6 is 15.9 Å². The lowest BCUT2D eigenvalue weighted by atomic mass is 10.1. The number of amides is 1. The fourth-order valence-electron chi connectivity index (χ4n) is 2.52. The molecule has 3 rings (SSSR count). The largest absolute Gasteiger partial charge is 0.444 e. The van der Waals surface area contributed by atoms with Gasteiger partial charge in [-0.1, -0.05) is 18.2 Å². The minimum Gasteiger partial charge on any atom is -0.444 e. The van der Waals surface area contributed by atoms with Gasteiger partial charge >= 0.3 is 0 Å². The standard InChI is InChI=1S/C18H16BrN5O2/c19-16-9-8-15(26-16)18(25)22-10-4-7-14-13(11-20)17(21)24(23-14)12-5-2-1-3-6-12/h1-3,5-6,8-9H,4,7,10,21H2,(H,22,25). The molecule has 0 unspecified atom stereocenters. The van der Waals surface area contributed by atoms with E-state index >= 15 is 0 Å². The van der Waals surface area contributed by atoms with Crippen LogP contribution in [-0.4, -0.2) is 22.2 Å². The van der Waals surface area contributed by atoms with Crippen molar-refractivity contribution in [3.05, 3.63) is 64.2 Å². The number of nitrogens with two attached hydrogens (primary N) is 1. The summed E-state index contributed by atoms with van der Waals surface area (Å²) in [6.07, 6.45) is 1.14. The number of nitrogens with zero attached hydrogens (tertiary/aromatic N) is 3. The van der Waals surface area contributed by atoms with Gasteiger partial charge in [0.2, 0.25) is 0 Å². The molecule has 1 aromatic carbocycles. The van der Waals surface area contributed by atoms with E-state index in [-0.39, 0.29) is 11.7 Å². The van der Waals surface area contributed by atoms with Crippen LogP contribution < -0.4 is 11.1 Å². The summed E-state index contributed by atoms with van der Waals surface area (Å²) in [5.74, 6) is 0.274. The van der Waals surface area contributed by atoms with Crippen molar-refractivity contribution in [2.24, 2.45) is 0 Å². The first-order chi connectivity index (χ1) is 12.6. The molecule has 0 radical (unpaired) electrons. The van der Waals surface area contributed by atoms with E-state index in [0.717, 1.165) is 5.69 Å². The smallest absolute Gasteiger partial charge is 0.287 e. The van der Waals surface area contributed by atoms with Crippen LogP contribution in [0.2, 0.25) is 0 Å². The number of furan rings is 1. The van der Waals surface area contributed by atoms with Gasteiger partial charge in [0.25, 0.3) is 5.91 Å². The third-order valence-corrected chi connectivity index (χ3v) is 4.21. The SMILES string of the molecule is N#Cc1c(CCCNC(=O)c2ccc(Br)o2)nn(-c2ccccc2)c1N. The Morgan fingerprint density at radius 1 is 1.31 bits per heavy atom. The molecule has 26 heavy (non-hydrogen) atoms. The number of anilines is 1. The fraction of sp³-hybridized carbons (Fsp3) is 0.167. The Bertz CT molecular complexity index is 956. The van der Waals surface area contributed by atoms with Gasteiger partial charge in [0.1, 0.15) is 17.5 Å². The van der Waals surface area contributed by atoms with Gasteiger partial charge in [0.15, 0.2) is 10.4 Å². The van der Waals surface area contributed by atoms with Crippen molar-refractivity contribution in [2.45, 2.75) is 12.8 Å². The Labute approximate surface area is 158 Å². The molecule has 0 aliphatic heterocycles. The van der Waals surface area contributed by atoms with E-state index in [1.807, 2.05) is 30.3 Å². The van der Waals surface area contributed by atoms with Crippen molar-refractivity contribution in [3.8, 4) is 11.8 Å². The monoisotopic (exact) mass is 413 g/mol. The zero-order chi connectivity index (χ0) is 18.5. The van der Waals surface area contributed by atoms with Gasteiger partial charge in [-0.05, 0) is 53.0 Å². The van der Waals surface area contributed by atoms with Crippen LogP contribution in [0.3, 0.4) is 0 Å². The molecule has 3 N–H and O–H groups in total. The highest BCUT2D eigenvalue weighted by atomic mass is 79.9. The molecule has 3 aromatic rings. The topological polar surface area (TPSA) is 110 Å². The number of nitrogen functional groups attached to an aromatic ring is 1. The molecule has 1 amide bonds. The first-order valence-corrected chi connectivity index (χ1v) is 8.76. The summed E-state index contributed by atoms with van der Waals surface area (Å²) in [6, 6.07) is 14.8. The highest BCUT2D eigenvalue weighted by Crippen LogP contribution is 2.21. The van der Waals surface area contributed by atoms with Crippen LogP contribution in [0.25, 0.3) is 5.69 Å². The van der Waals surface area contributed by atoms with Crippen molar-refractivity contribution in [2.75, 3.05) is 12.3 Å². The molecule has 0 fully saturated rings. The van der Waals surface area contributed by atoms with Crippen molar-refractivity contribution in [3.63, 3.8) is 0 Å². The molecule has 0 spiro atoms. The fourth-order valence-corrected chi connectivity index (χ4v) is 2.83. The van der Waals surface area contributed by atoms with Crippen LogP contribution in [0.1, 0.15) is 28.2 Å². The molecule has 7 nitrogen and oxygen atoms in total. The van der Waals surface area contributed by atoms with Crippen LogP contribution in [0.15, 0.2) is 51.6 Å². The molecule has 132 valence electrons. The third kappa shape index (κ3) is 3.78. The molecule has 0 aliphatic carbocycles. The van der Waals surface area contributed by atoms with Crippen LogP contribution in [0.4, 0.5) is 5.82 Å². The second-order valence-electron chi connectivity index (χ2n) is 5.53. The lowest BCUT2D eigenvalue weighted by Crippen LogP contribution is -2.24. The Morgan fingerprint density at radius 2 is 2.08 bits per heavy atom. The first kappa shape index (κ1) is 17.8. The Hall–Kier alpha value is -3.05. The number of nitriles is 1. The van der Waals surface area contributed by atoms with E-state index in [4.69, 9.17) is 10.2 Å². The third-order valence-electron chi connectivity index (χ3n) is 3.78. The minimum atomic E-state index is -0.287. The van der Waals surface area contributed by atoms with E-state index in [1.54, 1.807) is 16.8 Å². The van der Waals surface area contributed by atoms with E-state index in [9.17, 15) is 10.1 Å². The number of benzene rings is 1. The predicted octanol–water partition coefficient (Wildman–Crippen LogP) is 3.04. The number of rotatable bonds is 6. The van der Waals surface area contributed by atoms with Crippen molar-refractivity contribution in [1.29, 1.82) is 5.26 Å². The van der Waals surface area contributed by atoms with Crippen LogP contribution in [0.5, 0.6) is 0 Å². The number of halogens is 1. The van der Waals surface area contributed by atoms with Gasteiger partial charge in [-0.3, -0.25) is 4.79 Å². The van der Waals surface area contributed by atoms with E-state index in [0.29, 0.717) is 41.1 Å². The summed E-state index contributed by atoms with van der Waals surface area (Å²) in [7, 11) is 0. The summed E-state index contributed by atoms with van der Waals surface area (Å²) in [5, 5.41) is 16.6. The Balaban J connectivity index is 1.63. The second kappa shape index (κ2) is 7.89. The van der Waals surface area contributed by atoms with Crippen molar-refractivity contribution in [1.82, 2.24) is 15.1 Å². The molecule has 0 saturated heterocycles. The van der Waals surface area contributed by atoms with E-state index in [1.165, 1.54) is 0 Å². The Kier molecular flexibility index (Phi) is 5.39. The molecule has 8 heteroatoms. The van der Waals surface area contributed by atoms with Crippen LogP contribution in [-0.2, 0) is 6.42 Å². The first-order valence-electron chi connectivity index (χ1n) is 7.96. The molecule has 2 aromatic heterocycles. The van der Waals surface area contributed by atoms with Gasteiger partial charge in [-0.2, -0.15) is 10.4 Å². The molecule has 2 heterocycles. The van der Waals surface area contributed by atoms with Crippen molar-refractivity contribution < 1.29 is 9.21 Å². The van der Waals surface area contributed by atoms with Crippen LogP contribution in [0, 0.1) is 11.3 Å². The number of hydrogen-bond acceptors (Lipinski definition) is 5. The van der Waals surface area contributed by atoms with Gasteiger partial charge in [-0.25, -0.2) is 4.68 Å². The number of carbonyl (C=O) groups is 1. The molecular weight excluding hydrogens is 398 g/mol. The number of hydrogen-bond donors (Lipinski definition) is 2. The van der Waals surface area contributed by atoms with E-state index in [2.05, 4.69) is 32.4 Å². The molecule has 0 saturated carbocycles. The van der Waals surface area contributed by atoms with Gasteiger partial charge < -0.3 is 15.5 Å². The maximum Gasteiger partial charge on any atom is 0.287 e. The summed E-state index contributed by atoms with van der Waals surface area (Å²) < 4.78 is 7.26. The Morgan fingerprint density at radius 3 is 2.73 bits per heavy atom. The predicted molar refractivity (Wildman–Crippen MR) is 99.8 cm³/mol. The average Bonchev–Trinajstić information content (AvgIpc) is 3.22. The summed E-state index contributed by atoms with van der Waals surface area (Å²) >= 11 is 3.16. The number of aromatic nitrogens is 2. The second-order valence-corrected chi connectivity index (χ2v) is 6.31. The summed E-state index contributed by atoms with van der Waals surface area (Å²) in [6.45, 7) is 0.431. The van der Waals surface area contributed by atoms with Crippen molar-refractivity contribution >= 4 is 27.7 Å². The highest BCUT2D eigenvalue weighted by Gasteiger charge is 2.16. The number of para-hydroxylation sites is 1. The lowest BCUT2D eigenvalue weighted by molar-refractivity contribution is 0.0924. The molecular formula is C18H16BrN5O2. The zero-order valence-corrected chi connectivity index (χ0v) is 15.4. The normalized spacial score (nSPS) is 10.5. The van der Waals surface area contributed by atoms with Gasteiger partial charge in [-0.15, -0.1) is 0 Å². The highest BCUT2D eigenvalue weighted by molar-refractivity contribution is 9.10. The minimum absolute atomic E-state index is 0.243. The number of carbonyl (C=O) groups excluding carboxylic acids is 1. The maximum atomic E-state index is 11.9. The molecule has 0 aliphatic rings. The van der Waals surface area contributed by atoms with Gasteiger partial charge in [0, 0.05) is 6.54 Å². The summed E-state index contributed by atoms with van der Waals surface area (Å²) in [4.78, 5) is 11.9. The van der Waals surface area contributed by atoms with E-state index < -0.39 is 0 Å². The van der Waals surface area contributed by atoms with Gasteiger partial charge in [0.05, 0.1) is 11.4 Å². The quantitative estimate of drug-likeness (QED) is 0.603. The summed E-state index contributed by atoms with van der Waals surface area (Å²) in [5.41, 5.74) is 7.85. The maximum absolute atomic E-state index is 11.9. The molecule has 0 atom stereocenters.